The molecule has 0 spiro atoms. The zero-order valence-electron chi connectivity index (χ0n) is 16.5. The molecule has 0 fully saturated rings. The van der Waals surface area contributed by atoms with Crippen LogP contribution < -0.4 is 5.32 Å². The van der Waals surface area contributed by atoms with Gasteiger partial charge in [0.25, 0.3) is 5.91 Å². The molecule has 0 heterocycles. The third-order valence-electron chi connectivity index (χ3n) is 3.93. The van der Waals surface area contributed by atoms with Crippen molar-refractivity contribution >= 4 is 29.3 Å². The number of nitrogens with one attached hydrogen (secondary N) is 1. The SMILES string of the molecule is CCCOC(=O)c1ccc(NC(=O)COC(=O)CCC(=O)c2ccc(F)cc2)cc1. The van der Waals surface area contributed by atoms with Gasteiger partial charge in [-0.25, -0.2) is 9.18 Å². The summed E-state index contributed by atoms with van der Waals surface area (Å²) >= 11 is 0. The number of halogens is 1. The summed E-state index contributed by atoms with van der Waals surface area (Å²) in [6.07, 6.45) is 0.415. The lowest BCUT2D eigenvalue weighted by Crippen LogP contribution is -2.21. The Balaban J connectivity index is 1.72. The molecule has 30 heavy (non-hydrogen) atoms. The molecule has 0 radical (unpaired) electrons. The van der Waals surface area contributed by atoms with Gasteiger partial charge in [0.05, 0.1) is 18.6 Å². The summed E-state index contributed by atoms with van der Waals surface area (Å²) in [5.74, 6) is -2.49. The van der Waals surface area contributed by atoms with E-state index in [1.165, 1.54) is 36.4 Å². The van der Waals surface area contributed by atoms with Crippen LogP contribution in [0.1, 0.15) is 46.9 Å². The van der Waals surface area contributed by atoms with E-state index >= 15 is 0 Å². The van der Waals surface area contributed by atoms with Crippen LogP contribution in [0.15, 0.2) is 48.5 Å². The van der Waals surface area contributed by atoms with Crippen LogP contribution in [0.4, 0.5) is 10.1 Å². The number of benzene rings is 2. The van der Waals surface area contributed by atoms with E-state index in [1.54, 1.807) is 0 Å². The zero-order chi connectivity index (χ0) is 21.9. The molecular weight excluding hydrogens is 393 g/mol. The number of hydrogen-bond donors (Lipinski definition) is 1. The summed E-state index contributed by atoms with van der Waals surface area (Å²) in [7, 11) is 0. The summed E-state index contributed by atoms with van der Waals surface area (Å²) in [5.41, 5.74) is 1.08. The average molecular weight is 415 g/mol. The molecule has 2 aromatic rings. The van der Waals surface area contributed by atoms with Crippen LogP contribution in [0.3, 0.4) is 0 Å². The van der Waals surface area contributed by atoms with Crippen molar-refractivity contribution in [3.8, 4) is 0 Å². The summed E-state index contributed by atoms with van der Waals surface area (Å²) in [6, 6.07) is 11.1. The first-order valence-electron chi connectivity index (χ1n) is 9.40. The Morgan fingerprint density at radius 2 is 1.50 bits per heavy atom. The van der Waals surface area contributed by atoms with E-state index < -0.39 is 30.3 Å². The minimum atomic E-state index is -0.699. The molecule has 158 valence electrons. The van der Waals surface area contributed by atoms with Gasteiger partial charge in [-0.1, -0.05) is 6.92 Å². The standard InChI is InChI=1S/C22H22FNO6/c1-2-13-29-22(28)16-5-9-18(10-6-16)24-20(26)14-30-21(27)12-11-19(25)15-3-7-17(23)8-4-15/h3-10H,2,11-14H2,1H3,(H,24,26). The molecule has 0 saturated carbocycles. The lowest BCUT2D eigenvalue weighted by atomic mass is 10.1. The minimum Gasteiger partial charge on any atom is -0.462 e. The number of carbonyl (C=O) groups excluding carboxylic acids is 4. The predicted octanol–water partition coefficient (Wildman–Crippen LogP) is 3.54. The Morgan fingerprint density at radius 3 is 2.13 bits per heavy atom. The maximum absolute atomic E-state index is 12.9. The predicted molar refractivity (Wildman–Crippen MR) is 107 cm³/mol. The first kappa shape index (κ1) is 22.7. The van der Waals surface area contributed by atoms with Crippen molar-refractivity contribution in [2.45, 2.75) is 26.2 Å². The van der Waals surface area contributed by atoms with E-state index in [1.807, 2.05) is 6.92 Å². The number of ether oxygens (including phenoxy) is 2. The fourth-order valence-electron chi connectivity index (χ4n) is 2.38. The molecule has 2 rings (SSSR count). The number of hydrogen-bond acceptors (Lipinski definition) is 6. The maximum Gasteiger partial charge on any atom is 0.338 e. The molecule has 2 aromatic carbocycles. The maximum atomic E-state index is 12.9. The molecule has 1 N–H and O–H groups in total. The van der Waals surface area contributed by atoms with Crippen molar-refractivity contribution in [2.75, 3.05) is 18.5 Å². The molecule has 8 heteroatoms. The van der Waals surface area contributed by atoms with E-state index in [9.17, 15) is 23.6 Å². The number of anilines is 1. The molecule has 7 nitrogen and oxygen atoms in total. The van der Waals surface area contributed by atoms with Gasteiger partial charge in [-0.05, 0) is 55.0 Å². The first-order valence-corrected chi connectivity index (χ1v) is 9.40. The van der Waals surface area contributed by atoms with Crippen LogP contribution in [0.25, 0.3) is 0 Å². The Labute approximate surface area is 173 Å². The number of Topliss-reactive ketones (excluding diaryl/α,β-unsaturated/α-hetero) is 1. The molecule has 0 unspecified atom stereocenters. The summed E-state index contributed by atoms with van der Waals surface area (Å²) < 4.78 is 22.7. The van der Waals surface area contributed by atoms with Crippen molar-refractivity contribution in [1.82, 2.24) is 0 Å². The highest BCUT2D eigenvalue weighted by Gasteiger charge is 2.13. The average Bonchev–Trinajstić information content (AvgIpc) is 2.75. The first-order chi connectivity index (χ1) is 14.4. The van der Waals surface area contributed by atoms with Gasteiger partial charge in [-0.2, -0.15) is 0 Å². The second-order valence-corrected chi connectivity index (χ2v) is 6.35. The molecule has 0 aliphatic rings. The molecule has 1 amide bonds. The molecule has 0 saturated heterocycles. The highest BCUT2D eigenvalue weighted by Crippen LogP contribution is 2.11. The molecule has 0 atom stereocenters. The Morgan fingerprint density at radius 1 is 0.867 bits per heavy atom. The topological polar surface area (TPSA) is 98.8 Å². The fraction of sp³-hybridized carbons (Fsp3) is 0.273. The smallest absolute Gasteiger partial charge is 0.338 e. The second-order valence-electron chi connectivity index (χ2n) is 6.35. The summed E-state index contributed by atoms with van der Waals surface area (Å²) in [6.45, 7) is 1.71. The Hall–Kier alpha value is -3.55. The number of esters is 2. The fourth-order valence-corrected chi connectivity index (χ4v) is 2.38. The van der Waals surface area contributed by atoms with Crippen molar-refractivity contribution in [3.63, 3.8) is 0 Å². The van der Waals surface area contributed by atoms with Gasteiger partial charge in [0, 0.05) is 17.7 Å². The van der Waals surface area contributed by atoms with Crippen LogP contribution in [-0.4, -0.2) is 36.8 Å². The van der Waals surface area contributed by atoms with Crippen LogP contribution in [0.2, 0.25) is 0 Å². The van der Waals surface area contributed by atoms with Crippen LogP contribution in [0.5, 0.6) is 0 Å². The lowest BCUT2D eigenvalue weighted by Gasteiger charge is -2.08. The zero-order valence-corrected chi connectivity index (χ0v) is 16.5. The Kier molecular flexibility index (Phi) is 8.68. The number of rotatable bonds is 10. The van der Waals surface area contributed by atoms with Crippen molar-refractivity contribution < 1.29 is 33.0 Å². The molecule has 0 aliphatic heterocycles. The number of ketones is 1. The third kappa shape index (κ3) is 7.46. The normalized spacial score (nSPS) is 10.2. The van der Waals surface area contributed by atoms with Gasteiger partial charge >= 0.3 is 11.9 Å². The van der Waals surface area contributed by atoms with Gasteiger partial charge in [-0.3, -0.25) is 14.4 Å². The van der Waals surface area contributed by atoms with E-state index in [2.05, 4.69) is 5.32 Å². The van der Waals surface area contributed by atoms with Gasteiger partial charge < -0.3 is 14.8 Å². The quantitative estimate of drug-likeness (QED) is 0.471. The summed E-state index contributed by atoms with van der Waals surface area (Å²) in [4.78, 5) is 47.3. The van der Waals surface area contributed by atoms with Crippen molar-refractivity contribution in [2.24, 2.45) is 0 Å². The van der Waals surface area contributed by atoms with E-state index in [0.717, 1.165) is 18.6 Å². The van der Waals surface area contributed by atoms with Crippen molar-refractivity contribution in [3.05, 3.63) is 65.5 Å². The van der Waals surface area contributed by atoms with Gasteiger partial charge in [-0.15, -0.1) is 0 Å². The van der Waals surface area contributed by atoms with Gasteiger partial charge in [0.2, 0.25) is 0 Å². The highest BCUT2D eigenvalue weighted by molar-refractivity contribution is 5.98. The Bertz CT molecular complexity index is 893. The molecular formula is C22H22FNO6. The van der Waals surface area contributed by atoms with E-state index in [-0.39, 0.29) is 18.6 Å². The molecule has 0 aliphatic carbocycles. The minimum absolute atomic E-state index is 0.109. The molecule has 0 aromatic heterocycles. The van der Waals surface area contributed by atoms with Crippen LogP contribution in [-0.2, 0) is 19.1 Å². The summed E-state index contributed by atoms with van der Waals surface area (Å²) in [5, 5.41) is 2.53. The molecule has 0 bridgehead atoms. The van der Waals surface area contributed by atoms with Crippen LogP contribution >= 0.6 is 0 Å². The van der Waals surface area contributed by atoms with E-state index in [4.69, 9.17) is 9.47 Å². The van der Waals surface area contributed by atoms with Crippen molar-refractivity contribution in [1.29, 1.82) is 0 Å². The third-order valence-corrected chi connectivity index (χ3v) is 3.93. The largest absolute Gasteiger partial charge is 0.462 e. The highest BCUT2D eigenvalue weighted by atomic mass is 19.1. The van der Waals surface area contributed by atoms with Gasteiger partial charge in [0.15, 0.2) is 12.4 Å². The van der Waals surface area contributed by atoms with E-state index in [0.29, 0.717) is 23.4 Å². The second kappa shape index (κ2) is 11.5. The van der Waals surface area contributed by atoms with Gasteiger partial charge in [0.1, 0.15) is 5.82 Å². The number of amides is 1. The monoisotopic (exact) mass is 415 g/mol. The van der Waals surface area contributed by atoms with Crippen LogP contribution in [0, 0.1) is 5.82 Å². The number of carbonyl (C=O) groups is 4. The lowest BCUT2D eigenvalue weighted by molar-refractivity contribution is -0.147.